The molecule has 7 rings (SSSR count). The summed E-state index contributed by atoms with van der Waals surface area (Å²) in [5.41, 5.74) is 7.39. The molecule has 0 unspecified atom stereocenters. The molecule has 0 atom stereocenters. The van der Waals surface area contributed by atoms with E-state index in [2.05, 4.69) is 48.6 Å². The predicted molar refractivity (Wildman–Crippen MR) is 201 cm³/mol. The lowest BCUT2D eigenvalue weighted by Crippen LogP contribution is -1.99. The maximum absolute atomic E-state index is 10.9. The second-order valence-corrected chi connectivity index (χ2v) is 12.5. The topological polar surface area (TPSA) is 190 Å². The van der Waals surface area contributed by atoms with Crippen LogP contribution in [-0.4, -0.2) is 0 Å². The Hall–Kier alpha value is -8.76. The number of hydrogen-bond acceptors (Lipinski definition) is 8. The fourth-order valence-corrected chi connectivity index (χ4v) is 7.32. The molecule has 54 heavy (non-hydrogen) atoms. The van der Waals surface area contributed by atoms with Crippen LogP contribution in [-0.2, 0) is 0 Å². The van der Waals surface area contributed by atoms with E-state index in [1.165, 1.54) is 36.4 Å². The third-order valence-corrected chi connectivity index (χ3v) is 9.54. The number of rotatable bonds is 4. The van der Waals surface area contributed by atoms with Crippen molar-refractivity contribution in [2.45, 2.75) is 12.8 Å². The van der Waals surface area contributed by atoms with Crippen LogP contribution in [0.15, 0.2) is 108 Å². The Morgan fingerprint density at radius 3 is 1.37 bits per heavy atom. The maximum Gasteiger partial charge on any atom is 0.100 e. The normalized spacial score (nSPS) is 15.4. The first kappa shape index (κ1) is 33.7. The highest BCUT2D eigenvalue weighted by Crippen LogP contribution is 2.55. The fraction of sp³-hybridized carbons (Fsp3) is 0.0435. The van der Waals surface area contributed by atoms with Crippen molar-refractivity contribution in [2.75, 3.05) is 0 Å². The average molecular weight is 685 g/mol. The van der Waals surface area contributed by atoms with E-state index in [0.717, 1.165) is 5.57 Å². The molecule has 4 aromatic rings. The molecular weight excluding hydrogens is 665 g/mol. The van der Waals surface area contributed by atoms with Gasteiger partial charge in [-0.3, -0.25) is 0 Å². The largest absolute Gasteiger partial charge is 0.192 e. The zero-order valence-electron chi connectivity index (χ0n) is 28.2. The number of allylic oxidation sites excluding steroid dienone is 12. The lowest BCUT2D eigenvalue weighted by Gasteiger charge is -2.17. The molecule has 0 fully saturated rings. The number of nitrogens with zero attached hydrogens (tertiary/aromatic N) is 8. The zero-order valence-corrected chi connectivity index (χ0v) is 28.2. The summed E-state index contributed by atoms with van der Waals surface area (Å²) >= 11 is 0. The molecule has 3 aliphatic rings. The van der Waals surface area contributed by atoms with Gasteiger partial charge in [0, 0.05) is 33.4 Å². The molecular formula is C46H20N8. The first-order valence-electron chi connectivity index (χ1n) is 16.5. The molecule has 0 bridgehead atoms. The molecule has 0 N–H and O–H groups in total. The highest BCUT2D eigenvalue weighted by molar-refractivity contribution is 6.31. The van der Waals surface area contributed by atoms with Crippen LogP contribution in [0.5, 0.6) is 0 Å². The van der Waals surface area contributed by atoms with Gasteiger partial charge in [0.15, 0.2) is 0 Å². The van der Waals surface area contributed by atoms with Crippen molar-refractivity contribution in [2.24, 2.45) is 0 Å². The second-order valence-electron chi connectivity index (χ2n) is 12.5. The number of fused-ring (bicyclic) bond motifs is 2. The number of hydrogen-bond donors (Lipinski definition) is 0. The van der Waals surface area contributed by atoms with Gasteiger partial charge in [-0.2, -0.15) is 42.1 Å². The summed E-state index contributed by atoms with van der Waals surface area (Å²) in [7, 11) is 0. The minimum absolute atomic E-state index is 0.118. The Morgan fingerprint density at radius 2 is 0.944 bits per heavy atom. The molecule has 0 saturated heterocycles. The van der Waals surface area contributed by atoms with Gasteiger partial charge in [-0.05, 0) is 94.8 Å². The Kier molecular flexibility index (Phi) is 8.66. The van der Waals surface area contributed by atoms with Gasteiger partial charge >= 0.3 is 0 Å². The average Bonchev–Trinajstić information content (AvgIpc) is 3.72. The van der Waals surface area contributed by atoms with Gasteiger partial charge in [0.05, 0.1) is 68.8 Å². The third kappa shape index (κ3) is 5.43. The quantitative estimate of drug-likeness (QED) is 0.190. The van der Waals surface area contributed by atoms with E-state index >= 15 is 0 Å². The number of nitriles is 8. The van der Waals surface area contributed by atoms with Gasteiger partial charge in [0.1, 0.15) is 24.3 Å². The summed E-state index contributed by atoms with van der Waals surface area (Å²) in [5, 5.41) is 82.6. The Balaban J connectivity index is 1.65. The van der Waals surface area contributed by atoms with Crippen LogP contribution in [0, 0.1) is 90.6 Å². The van der Waals surface area contributed by atoms with Crippen LogP contribution in [0.4, 0.5) is 0 Å². The van der Waals surface area contributed by atoms with Crippen molar-refractivity contribution < 1.29 is 0 Å². The van der Waals surface area contributed by atoms with Crippen molar-refractivity contribution in [3.05, 3.63) is 169 Å². The zero-order chi connectivity index (χ0) is 37.9. The molecule has 0 heterocycles. The smallest absolute Gasteiger partial charge is 0.100 e. The molecule has 0 amide bonds. The summed E-state index contributed by atoms with van der Waals surface area (Å²) in [6.07, 6.45) is 7.08. The van der Waals surface area contributed by atoms with Crippen LogP contribution < -0.4 is 0 Å². The van der Waals surface area contributed by atoms with E-state index in [1.807, 2.05) is 48.6 Å². The molecule has 8 nitrogen and oxygen atoms in total. The van der Waals surface area contributed by atoms with Crippen molar-refractivity contribution >= 4 is 39.0 Å². The molecule has 4 aromatic carbocycles. The second kappa shape index (κ2) is 13.9. The van der Waals surface area contributed by atoms with Crippen LogP contribution >= 0.6 is 0 Å². The highest BCUT2D eigenvalue weighted by atomic mass is 14.4. The summed E-state index contributed by atoms with van der Waals surface area (Å²) in [4.78, 5) is 0. The molecule has 0 saturated carbocycles. The minimum Gasteiger partial charge on any atom is -0.192 e. The van der Waals surface area contributed by atoms with Crippen LogP contribution in [0.2, 0.25) is 0 Å². The summed E-state index contributed by atoms with van der Waals surface area (Å²) < 4.78 is 0. The van der Waals surface area contributed by atoms with E-state index in [-0.39, 0.29) is 39.0 Å². The van der Waals surface area contributed by atoms with E-state index in [9.17, 15) is 42.1 Å². The SMILES string of the molecule is N#CC1=C(C2=CC=CCC2)/C(=C(/C#N)c2cc(C#N)cc(C#N)c2)c2cc3c(cc21)C(C#N)=C(c1ccccc1)/C3=C(/C#N)c1cc(C#N)cc(C#N)c1. The van der Waals surface area contributed by atoms with Gasteiger partial charge in [-0.1, -0.05) is 48.6 Å². The molecule has 0 spiro atoms. The van der Waals surface area contributed by atoms with Gasteiger partial charge in [0.25, 0.3) is 0 Å². The molecule has 244 valence electrons. The van der Waals surface area contributed by atoms with Crippen molar-refractivity contribution in [1.82, 2.24) is 0 Å². The van der Waals surface area contributed by atoms with Crippen LogP contribution in [0.1, 0.15) is 74.0 Å². The number of benzene rings is 4. The van der Waals surface area contributed by atoms with Gasteiger partial charge in [-0.15, -0.1) is 0 Å². The molecule has 8 heteroatoms. The fourth-order valence-electron chi connectivity index (χ4n) is 7.32. The Bertz CT molecular complexity index is 2880. The van der Waals surface area contributed by atoms with Crippen LogP contribution in [0.3, 0.4) is 0 Å². The molecule has 3 aliphatic carbocycles. The van der Waals surface area contributed by atoms with E-state index in [4.69, 9.17) is 0 Å². The van der Waals surface area contributed by atoms with Gasteiger partial charge in [-0.25, -0.2) is 0 Å². The summed E-state index contributed by atoms with van der Waals surface area (Å²) in [6.45, 7) is 0. The van der Waals surface area contributed by atoms with E-state index in [0.29, 0.717) is 79.7 Å². The lowest BCUT2D eigenvalue weighted by molar-refractivity contribution is 0.982. The van der Waals surface area contributed by atoms with Gasteiger partial charge < -0.3 is 0 Å². The first-order chi connectivity index (χ1) is 26.4. The molecule has 0 aliphatic heterocycles. The molecule has 0 aromatic heterocycles. The monoisotopic (exact) mass is 684 g/mol. The lowest BCUT2D eigenvalue weighted by atomic mass is 9.84. The first-order valence-corrected chi connectivity index (χ1v) is 16.5. The van der Waals surface area contributed by atoms with Crippen molar-refractivity contribution in [1.29, 1.82) is 42.1 Å². The van der Waals surface area contributed by atoms with Crippen molar-refractivity contribution in [3.63, 3.8) is 0 Å². The van der Waals surface area contributed by atoms with Crippen LogP contribution in [0.25, 0.3) is 39.0 Å². The molecule has 0 radical (unpaired) electrons. The van der Waals surface area contributed by atoms with E-state index in [1.54, 1.807) is 12.1 Å². The standard InChI is InChI=1S/C46H20N8/c47-19-27-11-28(20-48)14-33(13-27)39(23-51)45-37-18-38-36(17-35(37)41(25-53)43(45)31-7-3-1-4-8-31)42(26-54)44(32-9-5-2-6-10-32)46(38)40(24-52)34-15-29(21-49)12-30(16-34)22-50/h1-5,7-9,11-18H,6,10H2/b45-39-,46-40-. The summed E-state index contributed by atoms with van der Waals surface area (Å²) in [6, 6.07) is 39.2. The Labute approximate surface area is 311 Å². The van der Waals surface area contributed by atoms with Gasteiger partial charge in [0.2, 0.25) is 0 Å². The van der Waals surface area contributed by atoms with E-state index < -0.39 is 0 Å². The summed E-state index contributed by atoms with van der Waals surface area (Å²) in [5.74, 6) is 0. The Morgan fingerprint density at radius 1 is 0.481 bits per heavy atom. The minimum atomic E-state index is 0.118. The predicted octanol–water partition coefficient (Wildman–Crippen LogP) is 9.06. The maximum atomic E-state index is 10.9. The van der Waals surface area contributed by atoms with Crippen molar-refractivity contribution in [3.8, 4) is 48.6 Å². The highest BCUT2D eigenvalue weighted by Gasteiger charge is 2.38. The third-order valence-electron chi connectivity index (χ3n) is 9.54.